The number of hydrogen-bond donors (Lipinski definition) is 2. The average molecular weight is 359 g/mol. The maximum Gasteiger partial charge on any atom is 0.271 e. The van der Waals surface area contributed by atoms with Crippen LogP contribution in [0.2, 0.25) is 0 Å². The largest absolute Gasteiger partial charge is 0.497 e. The summed E-state index contributed by atoms with van der Waals surface area (Å²) in [6.45, 7) is 1.42. The summed E-state index contributed by atoms with van der Waals surface area (Å²) in [6.07, 6.45) is 3.93. The van der Waals surface area contributed by atoms with Gasteiger partial charge in [0, 0.05) is 12.3 Å². The van der Waals surface area contributed by atoms with Crippen LogP contribution in [0.15, 0.2) is 29.6 Å². The zero-order chi connectivity index (χ0) is 17.9. The van der Waals surface area contributed by atoms with E-state index in [9.17, 15) is 9.59 Å². The Kier molecular flexibility index (Phi) is 5.03. The van der Waals surface area contributed by atoms with Crippen LogP contribution in [0.5, 0.6) is 5.75 Å². The predicted molar refractivity (Wildman–Crippen MR) is 97.0 cm³/mol. The second kappa shape index (κ2) is 7.23. The number of nitrogens with zero attached hydrogens (tertiary/aromatic N) is 1. The van der Waals surface area contributed by atoms with Crippen molar-refractivity contribution in [1.29, 1.82) is 0 Å². The molecular formula is C18H21N3O3S. The molecule has 6 nitrogen and oxygen atoms in total. The standard InChI is InChI=1S/C18H21N3O3S/c1-12(22)19-17-20-15(11-25-17)16(23)21-18(9-3-4-10-18)13-5-7-14(24-2)8-6-13/h5-8,11H,3-4,9-10H2,1-2H3,(H,21,23)(H,19,20,22). The van der Waals surface area contributed by atoms with Crippen molar-refractivity contribution in [2.45, 2.75) is 38.1 Å². The maximum absolute atomic E-state index is 12.7. The van der Waals surface area contributed by atoms with Gasteiger partial charge in [-0.25, -0.2) is 4.98 Å². The topological polar surface area (TPSA) is 80.3 Å². The van der Waals surface area contributed by atoms with E-state index in [2.05, 4.69) is 15.6 Å². The Morgan fingerprint density at radius 2 is 1.88 bits per heavy atom. The quantitative estimate of drug-likeness (QED) is 0.858. The summed E-state index contributed by atoms with van der Waals surface area (Å²) < 4.78 is 5.22. The number of rotatable bonds is 5. The third-order valence-corrected chi connectivity index (χ3v) is 5.23. The summed E-state index contributed by atoms with van der Waals surface area (Å²) in [5, 5.41) is 7.88. The van der Waals surface area contributed by atoms with Crippen LogP contribution >= 0.6 is 11.3 Å². The lowest BCUT2D eigenvalue weighted by Crippen LogP contribution is -2.43. The number of carbonyl (C=O) groups is 2. The number of methoxy groups -OCH3 is 1. The molecule has 0 spiro atoms. The van der Waals surface area contributed by atoms with E-state index >= 15 is 0 Å². The first-order chi connectivity index (χ1) is 12.0. The molecule has 2 N–H and O–H groups in total. The molecule has 7 heteroatoms. The second-order valence-electron chi connectivity index (χ2n) is 6.19. The molecule has 0 atom stereocenters. The fourth-order valence-electron chi connectivity index (χ4n) is 3.24. The van der Waals surface area contributed by atoms with Crippen LogP contribution in [-0.4, -0.2) is 23.9 Å². The minimum absolute atomic E-state index is 0.202. The van der Waals surface area contributed by atoms with Gasteiger partial charge < -0.3 is 15.4 Å². The molecule has 0 bridgehead atoms. The van der Waals surface area contributed by atoms with E-state index in [1.165, 1.54) is 18.3 Å². The minimum atomic E-state index is -0.374. The van der Waals surface area contributed by atoms with E-state index in [-0.39, 0.29) is 17.4 Å². The molecule has 0 saturated heterocycles. The van der Waals surface area contributed by atoms with Crippen molar-refractivity contribution in [2.75, 3.05) is 12.4 Å². The molecule has 0 aliphatic heterocycles. The third-order valence-electron chi connectivity index (χ3n) is 4.47. The molecule has 1 saturated carbocycles. The third kappa shape index (κ3) is 3.82. The Morgan fingerprint density at radius 3 is 2.48 bits per heavy atom. The summed E-state index contributed by atoms with van der Waals surface area (Å²) in [7, 11) is 1.64. The van der Waals surface area contributed by atoms with Crippen LogP contribution in [0, 0.1) is 0 Å². The zero-order valence-electron chi connectivity index (χ0n) is 14.3. The number of anilines is 1. The van der Waals surface area contributed by atoms with Crippen molar-refractivity contribution in [3.05, 3.63) is 40.9 Å². The SMILES string of the molecule is COc1ccc(C2(NC(=O)c3csc(NC(C)=O)n3)CCCC2)cc1. The average Bonchev–Trinajstić information content (AvgIpc) is 3.25. The number of benzene rings is 1. The van der Waals surface area contributed by atoms with E-state index in [1.807, 2.05) is 24.3 Å². The molecule has 1 aromatic carbocycles. The van der Waals surface area contributed by atoms with Gasteiger partial charge in [0.1, 0.15) is 11.4 Å². The van der Waals surface area contributed by atoms with E-state index < -0.39 is 0 Å². The van der Waals surface area contributed by atoms with Gasteiger partial charge >= 0.3 is 0 Å². The molecular weight excluding hydrogens is 338 g/mol. The number of thiazole rings is 1. The molecule has 25 heavy (non-hydrogen) atoms. The van der Waals surface area contributed by atoms with Gasteiger partial charge in [0.2, 0.25) is 5.91 Å². The lowest BCUT2D eigenvalue weighted by molar-refractivity contribution is -0.114. The van der Waals surface area contributed by atoms with Crippen molar-refractivity contribution in [3.8, 4) is 5.75 Å². The molecule has 0 unspecified atom stereocenters. The first-order valence-corrected chi connectivity index (χ1v) is 9.10. The van der Waals surface area contributed by atoms with Crippen molar-refractivity contribution < 1.29 is 14.3 Å². The van der Waals surface area contributed by atoms with Crippen LogP contribution < -0.4 is 15.4 Å². The highest BCUT2D eigenvalue weighted by Gasteiger charge is 2.37. The monoisotopic (exact) mass is 359 g/mol. The van der Waals surface area contributed by atoms with Gasteiger partial charge in [0.25, 0.3) is 5.91 Å². The molecule has 1 aromatic heterocycles. The number of nitrogens with one attached hydrogen (secondary N) is 2. The summed E-state index contributed by atoms with van der Waals surface area (Å²) >= 11 is 1.24. The smallest absolute Gasteiger partial charge is 0.271 e. The van der Waals surface area contributed by atoms with Gasteiger partial charge in [0.15, 0.2) is 5.13 Å². The van der Waals surface area contributed by atoms with E-state index in [4.69, 9.17) is 4.74 Å². The highest BCUT2D eigenvalue weighted by molar-refractivity contribution is 7.14. The van der Waals surface area contributed by atoms with E-state index in [1.54, 1.807) is 12.5 Å². The highest BCUT2D eigenvalue weighted by atomic mass is 32.1. The molecule has 0 radical (unpaired) electrons. The van der Waals surface area contributed by atoms with Gasteiger partial charge in [0.05, 0.1) is 12.6 Å². The molecule has 1 aliphatic carbocycles. The van der Waals surface area contributed by atoms with Gasteiger partial charge in [-0.1, -0.05) is 25.0 Å². The summed E-state index contributed by atoms with van der Waals surface area (Å²) in [4.78, 5) is 28.0. The minimum Gasteiger partial charge on any atom is -0.497 e. The number of ether oxygens (including phenoxy) is 1. The summed E-state index contributed by atoms with van der Waals surface area (Å²) in [6, 6.07) is 7.85. The van der Waals surface area contributed by atoms with Gasteiger partial charge in [-0.15, -0.1) is 11.3 Å². The fraction of sp³-hybridized carbons (Fsp3) is 0.389. The molecule has 2 aromatic rings. The summed E-state index contributed by atoms with van der Waals surface area (Å²) in [5.74, 6) is 0.375. The Balaban J connectivity index is 1.80. The molecule has 1 aliphatic rings. The lowest BCUT2D eigenvalue weighted by Gasteiger charge is -2.31. The van der Waals surface area contributed by atoms with Crippen molar-refractivity contribution in [2.24, 2.45) is 0 Å². The van der Waals surface area contributed by atoms with Crippen LogP contribution in [0.3, 0.4) is 0 Å². The Morgan fingerprint density at radius 1 is 1.20 bits per heavy atom. The van der Waals surface area contributed by atoms with Crippen LogP contribution in [0.25, 0.3) is 0 Å². The number of carbonyl (C=O) groups excluding carboxylic acids is 2. The Labute approximate surface area is 150 Å². The summed E-state index contributed by atoms with van der Waals surface area (Å²) in [5.41, 5.74) is 1.03. The van der Waals surface area contributed by atoms with Gasteiger partial charge in [-0.3, -0.25) is 9.59 Å². The van der Waals surface area contributed by atoms with Crippen LogP contribution in [0.4, 0.5) is 5.13 Å². The molecule has 3 rings (SSSR count). The van der Waals surface area contributed by atoms with Crippen LogP contribution in [-0.2, 0) is 10.3 Å². The Bertz CT molecular complexity index is 764. The molecule has 132 valence electrons. The number of hydrogen-bond acceptors (Lipinski definition) is 5. The van der Waals surface area contributed by atoms with Gasteiger partial charge in [-0.2, -0.15) is 0 Å². The number of amides is 2. The van der Waals surface area contributed by atoms with Gasteiger partial charge in [-0.05, 0) is 30.5 Å². The number of aromatic nitrogens is 1. The first-order valence-electron chi connectivity index (χ1n) is 8.22. The van der Waals surface area contributed by atoms with E-state index in [0.29, 0.717) is 10.8 Å². The maximum atomic E-state index is 12.7. The van der Waals surface area contributed by atoms with Crippen molar-refractivity contribution in [3.63, 3.8) is 0 Å². The molecule has 1 heterocycles. The van der Waals surface area contributed by atoms with Crippen molar-refractivity contribution in [1.82, 2.24) is 10.3 Å². The first kappa shape index (κ1) is 17.4. The normalized spacial score (nSPS) is 15.6. The molecule has 2 amide bonds. The second-order valence-corrected chi connectivity index (χ2v) is 7.05. The predicted octanol–water partition coefficient (Wildman–Crippen LogP) is 3.31. The zero-order valence-corrected chi connectivity index (χ0v) is 15.1. The van der Waals surface area contributed by atoms with Crippen molar-refractivity contribution >= 4 is 28.3 Å². The fourth-order valence-corrected chi connectivity index (χ4v) is 3.98. The van der Waals surface area contributed by atoms with Crippen LogP contribution in [0.1, 0.15) is 48.7 Å². The lowest BCUT2D eigenvalue weighted by atomic mass is 9.88. The van der Waals surface area contributed by atoms with E-state index in [0.717, 1.165) is 37.0 Å². The Hall–Kier alpha value is -2.41. The highest BCUT2D eigenvalue weighted by Crippen LogP contribution is 2.39. The molecule has 1 fully saturated rings.